The van der Waals surface area contributed by atoms with Crippen LogP contribution >= 0.6 is 6.89 Å². The maximum atomic E-state index is 14.6. The van der Waals surface area contributed by atoms with Gasteiger partial charge in [-0.2, -0.15) is 0 Å². The summed E-state index contributed by atoms with van der Waals surface area (Å²) in [6.45, 7) is -0.953. The van der Waals surface area contributed by atoms with E-state index in [2.05, 4.69) is 5.32 Å². The average Bonchev–Trinajstić information content (AvgIpc) is 2.98. The number of benzene rings is 5. The van der Waals surface area contributed by atoms with E-state index in [1.165, 1.54) is 0 Å². The van der Waals surface area contributed by atoms with Gasteiger partial charge in [0, 0.05) is 11.3 Å². The molecule has 0 radical (unpaired) electrons. The van der Waals surface area contributed by atoms with E-state index in [1.807, 2.05) is 153 Å². The zero-order valence-corrected chi connectivity index (χ0v) is 22.0. The smallest absolute Gasteiger partial charge is 0.260 e. The lowest BCUT2D eigenvalue weighted by atomic mass is 10.1. The van der Waals surface area contributed by atoms with Crippen LogP contribution in [-0.4, -0.2) is 17.0 Å². The van der Waals surface area contributed by atoms with Crippen molar-refractivity contribution in [1.29, 1.82) is 0 Å². The molecule has 3 nitrogen and oxygen atoms in total. The van der Waals surface area contributed by atoms with Crippen LogP contribution in [0.5, 0.6) is 0 Å². The fourth-order valence-corrected chi connectivity index (χ4v) is 9.07. The van der Waals surface area contributed by atoms with Crippen molar-refractivity contribution in [3.05, 3.63) is 157 Å². The van der Waals surface area contributed by atoms with Gasteiger partial charge in [0.15, 0.2) is 5.78 Å². The van der Waals surface area contributed by atoms with E-state index in [4.69, 9.17) is 0 Å². The van der Waals surface area contributed by atoms with E-state index >= 15 is 0 Å². The summed E-state index contributed by atoms with van der Waals surface area (Å²) < 4.78 is 0. The van der Waals surface area contributed by atoms with E-state index in [1.54, 1.807) is 0 Å². The van der Waals surface area contributed by atoms with Crippen molar-refractivity contribution in [2.75, 3.05) is 5.32 Å². The maximum Gasteiger partial charge on any atom is 0.260 e. The second-order valence-corrected chi connectivity index (χ2v) is 12.4. The van der Waals surface area contributed by atoms with Crippen LogP contribution in [0.1, 0.15) is 15.9 Å². The summed E-state index contributed by atoms with van der Waals surface area (Å²) in [7, 11) is 0. The number of carbonyl (C=O) groups excluding carboxylic acids is 2. The number of hydrogen-bond acceptors (Lipinski definition) is 2. The molecule has 0 fully saturated rings. The van der Waals surface area contributed by atoms with Gasteiger partial charge in [0.05, 0.1) is 5.29 Å². The Bertz CT molecular complexity index is 1490. The second-order valence-electron chi connectivity index (χ2n) is 9.04. The lowest BCUT2D eigenvalue weighted by molar-refractivity contribution is -0.110. The summed E-state index contributed by atoms with van der Waals surface area (Å²) in [5.41, 5.74) is 2.17. The lowest BCUT2D eigenvalue weighted by Gasteiger charge is -2.32. The first-order chi connectivity index (χ1) is 18.6. The van der Waals surface area contributed by atoms with Gasteiger partial charge < -0.3 is 5.32 Å². The summed E-state index contributed by atoms with van der Waals surface area (Å²) in [4.78, 5) is 29.0. The minimum Gasteiger partial charge on any atom is -0.322 e. The second kappa shape index (κ2) is 11.3. The van der Waals surface area contributed by atoms with Gasteiger partial charge in [-0.1, -0.05) is 139 Å². The number of carbonyl (C=O) groups is 2. The largest absolute Gasteiger partial charge is 0.322 e. The molecule has 5 rings (SSSR count). The van der Waals surface area contributed by atoms with E-state index in [-0.39, 0.29) is 11.1 Å². The molecule has 0 saturated heterocycles. The van der Waals surface area contributed by atoms with Gasteiger partial charge in [0.25, 0.3) is 5.91 Å². The summed E-state index contributed by atoms with van der Waals surface area (Å²) >= 11 is 0. The minimum atomic E-state index is -2.93. The number of rotatable bonds is 7. The third-order valence-corrected chi connectivity index (χ3v) is 10.8. The SMILES string of the molecule is Cc1ccc(C(=O)C(C(=O)Nc2ccccc2)=P(c2ccccc2)(c2ccccc2)c2ccccc2)cc1. The molecule has 0 bridgehead atoms. The highest BCUT2D eigenvalue weighted by Crippen LogP contribution is 2.47. The quantitative estimate of drug-likeness (QED) is 0.165. The van der Waals surface area contributed by atoms with Crippen LogP contribution in [0.4, 0.5) is 5.69 Å². The van der Waals surface area contributed by atoms with E-state index < -0.39 is 12.8 Å². The molecule has 0 spiro atoms. The Labute approximate surface area is 223 Å². The van der Waals surface area contributed by atoms with Crippen LogP contribution in [0.3, 0.4) is 0 Å². The summed E-state index contributed by atoms with van der Waals surface area (Å²) in [6.07, 6.45) is 0. The first kappa shape index (κ1) is 25.2. The third kappa shape index (κ3) is 4.89. The fourth-order valence-electron chi connectivity index (χ4n) is 4.75. The van der Waals surface area contributed by atoms with Crippen molar-refractivity contribution < 1.29 is 9.59 Å². The summed E-state index contributed by atoms with van der Waals surface area (Å²) in [5, 5.41) is 6.12. The molecule has 0 aromatic heterocycles. The number of hydrogen-bond donors (Lipinski definition) is 1. The Kier molecular flexibility index (Phi) is 7.49. The minimum absolute atomic E-state index is 0.244. The number of amides is 1. The number of aryl methyl sites for hydroxylation is 1. The molecular formula is C34H28NO2P. The van der Waals surface area contributed by atoms with E-state index in [9.17, 15) is 9.59 Å². The fraction of sp³-hybridized carbons (Fsp3) is 0.0294. The van der Waals surface area contributed by atoms with Gasteiger partial charge in [-0.15, -0.1) is 0 Å². The van der Waals surface area contributed by atoms with Gasteiger partial charge in [-0.05, 0) is 41.9 Å². The molecule has 186 valence electrons. The molecule has 1 N–H and O–H groups in total. The average molecular weight is 514 g/mol. The molecule has 0 aliphatic heterocycles. The van der Waals surface area contributed by atoms with Crippen molar-refractivity contribution in [3.8, 4) is 0 Å². The van der Waals surface area contributed by atoms with Crippen LogP contribution in [0.2, 0.25) is 0 Å². The van der Waals surface area contributed by atoms with Crippen LogP contribution in [0.15, 0.2) is 146 Å². The molecule has 0 aliphatic rings. The van der Waals surface area contributed by atoms with Crippen molar-refractivity contribution in [2.45, 2.75) is 6.92 Å². The number of nitrogens with one attached hydrogen (secondary N) is 1. The number of ketones is 1. The molecule has 4 heteroatoms. The molecule has 0 heterocycles. The molecular weight excluding hydrogens is 485 g/mol. The van der Waals surface area contributed by atoms with Gasteiger partial charge in [0.1, 0.15) is 0 Å². The molecule has 5 aromatic rings. The van der Waals surface area contributed by atoms with Crippen molar-refractivity contribution in [3.63, 3.8) is 0 Å². The van der Waals surface area contributed by atoms with Gasteiger partial charge in [-0.25, -0.2) is 0 Å². The van der Waals surface area contributed by atoms with Crippen molar-refractivity contribution in [2.24, 2.45) is 0 Å². The molecule has 0 unspecified atom stereocenters. The van der Waals surface area contributed by atoms with Crippen LogP contribution in [0, 0.1) is 6.92 Å². The lowest BCUT2D eigenvalue weighted by Crippen LogP contribution is -2.40. The summed E-state index contributed by atoms with van der Waals surface area (Å²) in [6, 6.07) is 46.6. The van der Waals surface area contributed by atoms with Crippen molar-refractivity contribution in [1.82, 2.24) is 0 Å². The number of para-hydroxylation sites is 1. The zero-order chi connectivity index (χ0) is 26.4. The van der Waals surface area contributed by atoms with Gasteiger partial charge in [-0.3, -0.25) is 9.59 Å². The predicted molar refractivity (Wildman–Crippen MR) is 161 cm³/mol. The van der Waals surface area contributed by atoms with Gasteiger partial charge >= 0.3 is 0 Å². The highest BCUT2D eigenvalue weighted by molar-refractivity contribution is 7.97. The van der Waals surface area contributed by atoms with Crippen LogP contribution < -0.4 is 21.2 Å². The van der Waals surface area contributed by atoms with Crippen LogP contribution in [-0.2, 0) is 4.79 Å². The monoisotopic (exact) mass is 513 g/mol. The summed E-state index contributed by atoms with van der Waals surface area (Å²) in [5.74, 6) is -0.671. The van der Waals surface area contributed by atoms with Gasteiger partial charge in [0.2, 0.25) is 0 Å². The Morgan fingerprint density at radius 3 is 1.34 bits per heavy atom. The maximum absolute atomic E-state index is 14.6. The van der Waals surface area contributed by atoms with E-state index in [0.29, 0.717) is 11.3 Å². The highest BCUT2D eigenvalue weighted by Gasteiger charge is 2.37. The molecule has 1 amide bonds. The molecule has 38 heavy (non-hydrogen) atoms. The standard InChI is InChI=1S/C34H28NO2P/c1-26-22-24-27(25-23-26)32(36)33(34(37)35-28-14-6-2-7-15-28)38(29-16-8-3-9-17-29,30-18-10-4-11-19-30)31-20-12-5-13-21-31/h2-25H,1H3,(H,35,37). The highest BCUT2D eigenvalue weighted by atomic mass is 31.2. The first-order valence-corrected chi connectivity index (χ1v) is 14.3. The molecule has 0 aliphatic carbocycles. The Hall–Kier alpha value is -4.46. The molecule has 5 aromatic carbocycles. The predicted octanol–water partition coefficient (Wildman–Crippen LogP) is 5.98. The first-order valence-electron chi connectivity index (χ1n) is 12.5. The Morgan fingerprint density at radius 2 is 0.921 bits per heavy atom. The Balaban J connectivity index is 1.95. The van der Waals surface area contributed by atoms with Crippen LogP contribution in [0.25, 0.3) is 0 Å². The number of anilines is 1. The Morgan fingerprint density at radius 1 is 0.526 bits per heavy atom. The molecule has 0 saturated carbocycles. The molecule has 0 atom stereocenters. The third-order valence-electron chi connectivity index (χ3n) is 6.54. The zero-order valence-electron chi connectivity index (χ0n) is 21.1. The number of Topliss-reactive ketones (excluding diaryl/α,β-unsaturated/α-hetero) is 1. The normalized spacial score (nSPS) is 11.0. The van der Waals surface area contributed by atoms with Crippen molar-refractivity contribution >= 4 is 45.5 Å². The van der Waals surface area contributed by atoms with E-state index in [0.717, 1.165) is 21.5 Å². The topological polar surface area (TPSA) is 46.2 Å².